The van der Waals surface area contributed by atoms with Crippen molar-refractivity contribution in [3.8, 4) is 17.2 Å². The van der Waals surface area contributed by atoms with E-state index in [1.54, 1.807) is 0 Å². The monoisotopic (exact) mass is 426 g/mol. The fourth-order valence-electron chi connectivity index (χ4n) is 2.93. The van der Waals surface area contributed by atoms with Crippen LogP contribution in [0.3, 0.4) is 0 Å². The molecule has 1 amide bonds. The van der Waals surface area contributed by atoms with Gasteiger partial charge in [-0.1, -0.05) is 47.5 Å². The Bertz CT molecular complexity index is 1130. The molecule has 0 saturated carbocycles. The number of halogens is 2. The third kappa shape index (κ3) is 4.06. The van der Waals surface area contributed by atoms with Crippen LogP contribution in [0.4, 0.5) is 0 Å². The molecule has 4 rings (SSSR count). The van der Waals surface area contributed by atoms with Crippen LogP contribution in [0.15, 0.2) is 65.1 Å². The van der Waals surface area contributed by atoms with E-state index < -0.39 is 0 Å². The van der Waals surface area contributed by atoms with Gasteiger partial charge in [0, 0.05) is 17.7 Å². The highest BCUT2D eigenvalue weighted by Gasteiger charge is 2.13. The quantitative estimate of drug-likeness (QED) is 0.441. The molecule has 0 fully saturated rings. The summed E-state index contributed by atoms with van der Waals surface area (Å²) >= 11 is 12.2. The minimum atomic E-state index is -0.278. The van der Waals surface area contributed by atoms with Crippen LogP contribution in [0.5, 0.6) is 5.75 Å². The van der Waals surface area contributed by atoms with Crippen molar-refractivity contribution in [1.29, 1.82) is 0 Å². The third-order valence-electron chi connectivity index (χ3n) is 4.41. The second-order valence-electron chi connectivity index (χ2n) is 6.34. The molecule has 5 nitrogen and oxygen atoms in total. The summed E-state index contributed by atoms with van der Waals surface area (Å²) in [5, 5.41) is 3.42. The molecule has 1 heterocycles. The first-order valence-electron chi connectivity index (χ1n) is 8.81. The van der Waals surface area contributed by atoms with Crippen molar-refractivity contribution in [2.75, 3.05) is 7.11 Å². The lowest BCUT2D eigenvalue weighted by atomic mass is 10.1. The van der Waals surface area contributed by atoms with Crippen LogP contribution >= 0.6 is 23.2 Å². The minimum Gasteiger partial charge on any atom is -0.494 e. The maximum absolute atomic E-state index is 12.4. The number of amides is 1. The molecule has 29 heavy (non-hydrogen) atoms. The van der Waals surface area contributed by atoms with Gasteiger partial charge in [-0.05, 0) is 42.0 Å². The number of fused-ring (bicyclic) bond motifs is 1. The van der Waals surface area contributed by atoms with E-state index >= 15 is 0 Å². The predicted molar refractivity (Wildman–Crippen MR) is 114 cm³/mol. The standard InChI is InChI=1S/C22H16Cl2N2O3/c1-28-20-16(23)10-15(11-17(20)24)21(27)25-12-13-6-8-14(9-7-13)22-26-18-4-2-3-5-19(18)29-22/h2-11H,12H2,1H3,(H,25,27). The van der Waals surface area contributed by atoms with Gasteiger partial charge in [-0.3, -0.25) is 4.79 Å². The van der Waals surface area contributed by atoms with Gasteiger partial charge >= 0.3 is 0 Å². The SMILES string of the molecule is COc1c(Cl)cc(C(=O)NCc2ccc(-c3nc4ccccc4o3)cc2)cc1Cl. The molecule has 146 valence electrons. The Kier molecular flexibility index (Phi) is 5.43. The van der Waals surface area contributed by atoms with Crippen LogP contribution in [0.25, 0.3) is 22.6 Å². The number of nitrogens with one attached hydrogen (secondary N) is 1. The van der Waals surface area contributed by atoms with Crippen molar-refractivity contribution in [1.82, 2.24) is 10.3 Å². The zero-order chi connectivity index (χ0) is 20.4. The molecule has 1 aromatic heterocycles. The topological polar surface area (TPSA) is 64.4 Å². The lowest BCUT2D eigenvalue weighted by molar-refractivity contribution is 0.0951. The van der Waals surface area contributed by atoms with Crippen LogP contribution < -0.4 is 10.1 Å². The predicted octanol–water partition coefficient (Wildman–Crippen LogP) is 5.74. The van der Waals surface area contributed by atoms with Crippen LogP contribution in [-0.4, -0.2) is 18.0 Å². The van der Waals surface area contributed by atoms with Crippen LogP contribution in [0.1, 0.15) is 15.9 Å². The molecule has 0 saturated heterocycles. The smallest absolute Gasteiger partial charge is 0.251 e. The summed E-state index contributed by atoms with van der Waals surface area (Å²) in [5.41, 5.74) is 3.73. The molecule has 0 unspecified atom stereocenters. The van der Waals surface area contributed by atoms with Gasteiger partial charge in [0.15, 0.2) is 11.3 Å². The van der Waals surface area contributed by atoms with Gasteiger partial charge in [0.25, 0.3) is 5.91 Å². The second-order valence-corrected chi connectivity index (χ2v) is 7.15. The zero-order valence-corrected chi connectivity index (χ0v) is 16.9. The number of ether oxygens (including phenoxy) is 1. The maximum Gasteiger partial charge on any atom is 0.251 e. The maximum atomic E-state index is 12.4. The molecule has 1 N–H and O–H groups in total. The van der Waals surface area contributed by atoms with Crippen molar-refractivity contribution < 1.29 is 13.9 Å². The molecule has 4 aromatic rings. The Hall–Kier alpha value is -3.02. The van der Waals surface area contributed by atoms with E-state index in [4.69, 9.17) is 32.4 Å². The van der Waals surface area contributed by atoms with Gasteiger partial charge < -0.3 is 14.5 Å². The van der Waals surface area contributed by atoms with E-state index in [9.17, 15) is 4.79 Å². The van der Waals surface area contributed by atoms with E-state index in [1.807, 2.05) is 48.5 Å². The van der Waals surface area contributed by atoms with E-state index in [0.717, 1.165) is 22.2 Å². The normalized spacial score (nSPS) is 10.9. The Morgan fingerprint density at radius 2 is 1.76 bits per heavy atom. The molecule has 0 spiro atoms. The Morgan fingerprint density at radius 3 is 2.41 bits per heavy atom. The number of para-hydroxylation sites is 2. The largest absolute Gasteiger partial charge is 0.494 e. The van der Waals surface area contributed by atoms with Gasteiger partial charge in [0.2, 0.25) is 5.89 Å². The average Bonchev–Trinajstić information content (AvgIpc) is 3.16. The van der Waals surface area contributed by atoms with Gasteiger partial charge in [0.1, 0.15) is 5.52 Å². The summed E-state index contributed by atoms with van der Waals surface area (Å²) in [6.45, 7) is 0.355. The number of aromatic nitrogens is 1. The highest BCUT2D eigenvalue weighted by atomic mass is 35.5. The highest BCUT2D eigenvalue weighted by Crippen LogP contribution is 2.33. The van der Waals surface area contributed by atoms with Crippen molar-refractivity contribution >= 4 is 40.2 Å². The molecule has 3 aromatic carbocycles. The number of rotatable bonds is 5. The molecule has 0 aliphatic carbocycles. The summed E-state index contributed by atoms with van der Waals surface area (Å²) in [6.07, 6.45) is 0. The fourth-order valence-corrected chi connectivity index (χ4v) is 3.57. The summed E-state index contributed by atoms with van der Waals surface area (Å²) in [5.74, 6) is 0.628. The molecule has 0 bridgehead atoms. The van der Waals surface area contributed by atoms with Crippen LogP contribution in [-0.2, 0) is 6.54 Å². The van der Waals surface area contributed by atoms with Crippen LogP contribution in [0, 0.1) is 0 Å². The number of hydrogen-bond donors (Lipinski definition) is 1. The molecule has 0 radical (unpaired) electrons. The first-order chi connectivity index (χ1) is 14.0. The fraction of sp³-hybridized carbons (Fsp3) is 0.0909. The number of hydrogen-bond acceptors (Lipinski definition) is 4. The summed E-state index contributed by atoms with van der Waals surface area (Å²) in [4.78, 5) is 16.9. The van der Waals surface area contributed by atoms with E-state index in [0.29, 0.717) is 23.7 Å². The summed E-state index contributed by atoms with van der Waals surface area (Å²) in [7, 11) is 1.47. The first-order valence-corrected chi connectivity index (χ1v) is 9.57. The Balaban J connectivity index is 1.44. The van der Waals surface area contributed by atoms with Crippen molar-refractivity contribution in [2.24, 2.45) is 0 Å². The lowest BCUT2D eigenvalue weighted by Gasteiger charge is -2.10. The van der Waals surface area contributed by atoms with Gasteiger partial charge in [-0.15, -0.1) is 0 Å². The summed E-state index contributed by atoms with van der Waals surface area (Å²) in [6, 6.07) is 18.3. The minimum absolute atomic E-state index is 0.278. The number of benzene rings is 3. The highest BCUT2D eigenvalue weighted by molar-refractivity contribution is 6.37. The van der Waals surface area contributed by atoms with Crippen molar-refractivity contribution in [2.45, 2.75) is 6.54 Å². The Morgan fingerprint density at radius 1 is 1.07 bits per heavy atom. The lowest BCUT2D eigenvalue weighted by Crippen LogP contribution is -2.22. The van der Waals surface area contributed by atoms with Gasteiger partial charge in [0.05, 0.1) is 17.2 Å². The van der Waals surface area contributed by atoms with Gasteiger partial charge in [-0.25, -0.2) is 4.98 Å². The first kappa shape index (κ1) is 19.3. The molecule has 0 aliphatic heterocycles. The number of carbonyl (C=O) groups excluding carboxylic acids is 1. The van der Waals surface area contributed by atoms with Gasteiger partial charge in [-0.2, -0.15) is 0 Å². The number of oxazole rings is 1. The molecular formula is C22H16Cl2N2O3. The Labute approximate surface area is 177 Å². The molecule has 0 atom stereocenters. The van der Waals surface area contributed by atoms with E-state index in [-0.39, 0.29) is 16.0 Å². The zero-order valence-electron chi connectivity index (χ0n) is 15.4. The van der Waals surface area contributed by atoms with E-state index in [1.165, 1.54) is 19.2 Å². The number of carbonyl (C=O) groups is 1. The van der Waals surface area contributed by atoms with E-state index in [2.05, 4.69) is 10.3 Å². The van der Waals surface area contributed by atoms with Crippen LogP contribution in [0.2, 0.25) is 10.0 Å². The van der Waals surface area contributed by atoms with Crippen molar-refractivity contribution in [3.63, 3.8) is 0 Å². The molecular weight excluding hydrogens is 411 g/mol. The van der Waals surface area contributed by atoms with Crippen molar-refractivity contribution in [3.05, 3.63) is 81.8 Å². The molecule has 0 aliphatic rings. The second kappa shape index (κ2) is 8.15. The third-order valence-corrected chi connectivity index (χ3v) is 4.97. The summed E-state index contributed by atoms with van der Waals surface area (Å²) < 4.78 is 10.9. The average molecular weight is 427 g/mol. The number of methoxy groups -OCH3 is 1. The number of nitrogens with zero attached hydrogens (tertiary/aromatic N) is 1. The molecule has 7 heteroatoms.